The number of carbonyl (C=O) groups excluding carboxylic acids is 1. The summed E-state index contributed by atoms with van der Waals surface area (Å²) in [6, 6.07) is 0. The summed E-state index contributed by atoms with van der Waals surface area (Å²) in [6.45, 7) is 1.42. The number of carbonyl (C=O) groups is 1. The van der Waals surface area contributed by atoms with Crippen molar-refractivity contribution in [3.8, 4) is 0 Å². The molecule has 0 fully saturated rings. The Hall–Kier alpha value is -0.530. The molecule has 0 saturated heterocycles. The predicted molar refractivity (Wildman–Crippen MR) is 83.3 cm³/mol. The van der Waals surface area contributed by atoms with Gasteiger partial charge in [-0.3, -0.25) is 4.79 Å². The lowest BCUT2D eigenvalue weighted by Crippen LogP contribution is -2.48. The summed E-state index contributed by atoms with van der Waals surface area (Å²) in [7, 11) is 0. The molecule has 132 valence electrons. The number of aliphatic hydroxyl groups is 5. The van der Waals surface area contributed by atoms with Gasteiger partial charge in [-0.25, -0.2) is 0 Å². The normalized spacial score (nSPS) is 17.0. The van der Waals surface area contributed by atoms with E-state index in [1.54, 1.807) is 0 Å². The van der Waals surface area contributed by atoms with Crippen molar-refractivity contribution in [2.24, 2.45) is 0 Å². The van der Waals surface area contributed by atoms with Crippen LogP contribution >= 0.6 is 0 Å². The van der Waals surface area contributed by atoms with Crippen LogP contribution in [0.4, 0.5) is 0 Å². The van der Waals surface area contributed by atoms with Gasteiger partial charge in [0.2, 0.25) is 0 Å². The number of aliphatic hydroxyl groups excluding tert-OH is 5. The average molecular weight is 320 g/mol. The van der Waals surface area contributed by atoms with Gasteiger partial charge in [-0.15, -0.1) is 0 Å². The van der Waals surface area contributed by atoms with Crippen molar-refractivity contribution in [3.63, 3.8) is 0 Å². The summed E-state index contributed by atoms with van der Waals surface area (Å²) in [6.07, 6.45) is 1.90. The van der Waals surface area contributed by atoms with E-state index in [0.717, 1.165) is 19.3 Å². The van der Waals surface area contributed by atoms with E-state index in [9.17, 15) is 25.2 Å². The second kappa shape index (κ2) is 13.0. The van der Waals surface area contributed by atoms with Gasteiger partial charge in [0.1, 0.15) is 24.4 Å². The molecule has 0 aromatic rings. The average Bonchev–Trinajstić information content (AvgIpc) is 2.54. The number of unbranched alkanes of at least 4 members (excludes halogenated alkanes) is 7. The van der Waals surface area contributed by atoms with Crippen LogP contribution in [0.2, 0.25) is 0 Å². The number of ketones is 1. The lowest BCUT2D eigenvalue weighted by molar-refractivity contribution is -0.147. The summed E-state index contributed by atoms with van der Waals surface area (Å²) < 4.78 is 0. The zero-order chi connectivity index (χ0) is 17.0. The van der Waals surface area contributed by atoms with Crippen LogP contribution in [-0.4, -0.2) is 62.3 Å². The van der Waals surface area contributed by atoms with Crippen molar-refractivity contribution in [3.05, 3.63) is 0 Å². The molecule has 0 aromatic carbocycles. The fourth-order valence-electron chi connectivity index (χ4n) is 2.29. The van der Waals surface area contributed by atoms with Crippen LogP contribution in [0.3, 0.4) is 0 Å². The molecule has 6 nitrogen and oxygen atoms in total. The second-order valence-electron chi connectivity index (χ2n) is 5.87. The summed E-state index contributed by atoms with van der Waals surface area (Å²) in [5.41, 5.74) is 0. The molecule has 0 aliphatic heterocycles. The van der Waals surface area contributed by atoms with E-state index in [-0.39, 0.29) is 6.42 Å². The van der Waals surface area contributed by atoms with Crippen LogP contribution in [0.5, 0.6) is 0 Å². The molecule has 0 amide bonds. The zero-order valence-corrected chi connectivity index (χ0v) is 13.5. The highest BCUT2D eigenvalue weighted by Gasteiger charge is 2.33. The Kier molecular flexibility index (Phi) is 12.6. The SMILES string of the molecule is CCCCCCCCCCC(=O)[C@@H](O)[C@@H](O)[C@H](O)[C@H](O)CO. The van der Waals surface area contributed by atoms with Gasteiger partial charge in [0.05, 0.1) is 6.61 Å². The van der Waals surface area contributed by atoms with E-state index in [2.05, 4.69) is 6.92 Å². The topological polar surface area (TPSA) is 118 Å². The Bertz CT molecular complexity index is 284. The van der Waals surface area contributed by atoms with E-state index < -0.39 is 36.8 Å². The standard InChI is InChI=1S/C16H32O6/c1-2-3-4-5-6-7-8-9-10-12(18)14(20)16(22)15(21)13(19)11-17/h13-17,19-22H,2-11H2,1H3/t13-,14-,15-,16-/m1/s1. The number of hydrogen-bond acceptors (Lipinski definition) is 6. The smallest absolute Gasteiger partial charge is 0.164 e. The Morgan fingerprint density at radius 2 is 1.32 bits per heavy atom. The van der Waals surface area contributed by atoms with Crippen molar-refractivity contribution in [2.45, 2.75) is 89.1 Å². The lowest BCUT2D eigenvalue weighted by atomic mass is 9.97. The van der Waals surface area contributed by atoms with Crippen LogP contribution < -0.4 is 0 Å². The first-order valence-corrected chi connectivity index (χ1v) is 8.31. The zero-order valence-electron chi connectivity index (χ0n) is 13.5. The number of hydrogen-bond donors (Lipinski definition) is 5. The molecule has 0 aliphatic carbocycles. The minimum atomic E-state index is -1.79. The van der Waals surface area contributed by atoms with Crippen molar-refractivity contribution in [1.82, 2.24) is 0 Å². The van der Waals surface area contributed by atoms with Gasteiger partial charge >= 0.3 is 0 Å². The largest absolute Gasteiger partial charge is 0.394 e. The molecule has 4 atom stereocenters. The van der Waals surface area contributed by atoms with E-state index in [4.69, 9.17) is 5.11 Å². The van der Waals surface area contributed by atoms with Crippen molar-refractivity contribution in [1.29, 1.82) is 0 Å². The molecule has 0 aliphatic rings. The number of rotatable bonds is 14. The molecule has 6 heteroatoms. The predicted octanol–water partition coefficient (Wildman–Crippen LogP) is 0.522. The van der Waals surface area contributed by atoms with E-state index in [1.807, 2.05) is 0 Å². The molecule has 0 bridgehead atoms. The molecule has 0 saturated carbocycles. The Morgan fingerprint density at radius 3 is 1.82 bits per heavy atom. The maximum Gasteiger partial charge on any atom is 0.164 e. The second-order valence-corrected chi connectivity index (χ2v) is 5.87. The van der Waals surface area contributed by atoms with Crippen LogP contribution in [0.15, 0.2) is 0 Å². The van der Waals surface area contributed by atoms with E-state index in [1.165, 1.54) is 25.7 Å². The highest BCUT2D eigenvalue weighted by Crippen LogP contribution is 2.12. The third-order valence-corrected chi connectivity index (χ3v) is 3.86. The quantitative estimate of drug-likeness (QED) is 0.298. The van der Waals surface area contributed by atoms with E-state index >= 15 is 0 Å². The Balaban J connectivity index is 3.82. The fourth-order valence-corrected chi connectivity index (χ4v) is 2.29. The lowest BCUT2D eigenvalue weighted by Gasteiger charge is -2.24. The fraction of sp³-hybridized carbons (Fsp3) is 0.938. The Labute approximate surface area is 132 Å². The van der Waals surface area contributed by atoms with Gasteiger partial charge in [0, 0.05) is 6.42 Å². The van der Waals surface area contributed by atoms with Gasteiger partial charge in [-0.05, 0) is 6.42 Å². The molecule has 22 heavy (non-hydrogen) atoms. The Morgan fingerprint density at radius 1 is 0.818 bits per heavy atom. The first-order valence-electron chi connectivity index (χ1n) is 8.31. The molecule has 0 heterocycles. The van der Waals surface area contributed by atoms with Gasteiger partial charge in [0.25, 0.3) is 0 Å². The third kappa shape index (κ3) is 8.80. The maximum absolute atomic E-state index is 11.7. The van der Waals surface area contributed by atoms with Crippen molar-refractivity contribution < 1.29 is 30.3 Å². The van der Waals surface area contributed by atoms with Gasteiger partial charge in [-0.1, -0.05) is 51.9 Å². The molecule has 0 spiro atoms. The summed E-state index contributed by atoms with van der Waals surface area (Å²) in [4.78, 5) is 11.7. The molecule has 5 N–H and O–H groups in total. The summed E-state index contributed by atoms with van der Waals surface area (Å²) in [5.74, 6) is -0.553. The summed E-state index contributed by atoms with van der Waals surface area (Å²) in [5, 5.41) is 46.5. The van der Waals surface area contributed by atoms with Crippen LogP contribution in [0.1, 0.15) is 64.7 Å². The first kappa shape index (κ1) is 21.5. The molecular formula is C16H32O6. The molecule has 0 aromatic heterocycles. The number of Topliss-reactive ketones (excluding diaryl/α,β-unsaturated/α-hetero) is 1. The van der Waals surface area contributed by atoms with Crippen molar-refractivity contribution >= 4 is 5.78 Å². The van der Waals surface area contributed by atoms with Gasteiger partial charge < -0.3 is 25.5 Å². The van der Waals surface area contributed by atoms with Crippen LogP contribution in [0.25, 0.3) is 0 Å². The van der Waals surface area contributed by atoms with Crippen LogP contribution in [-0.2, 0) is 4.79 Å². The van der Waals surface area contributed by atoms with E-state index in [0.29, 0.717) is 6.42 Å². The highest BCUT2D eigenvalue weighted by molar-refractivity contribution is 5.83. The maximum atomic E-state index is 11.7. The van der Waals surface area contributed by atoms with Crippen molar-refractivity contribution in [2.75, 3.05) is 6.61 Å². The molecular weight excluding hydrogens is 288 g/mol. The van der Waals surface area contributed by atoms with Gasteiger partial charge in [0.15, 0.2) is 5.78 Å². The highest BCUT2D eigenvalue weighted by atomic mass is 16.4. The third-order valence-electron chi connectivity index (χ3n) is 3.86. The van der Waals surface area contributed by atoms with Gasteiger partial charge in [-0.2, -0.15) is 0 Å². The molecule has 0 unspecified atom stereocenters. The minimum Gasteiger partial charge on any atom is -0.394 e. The minimum absolute atomic E-state index is 0.134. The molecule has 0 rings (SSSR count). The molecule has 0 radical (unpaired) electrons. The summed E-state index contributed by atoms with van der Waals surface area (Å²) >= 11 is 0. The monoisotopic (exact) mass is 320 g/mol. The first-order chi connectivity index (χ1) is 10.5. The van der Waals surface area contributed by atoms with Crippen LogP contribution in [0, 0.1) is 0 Å².